The maximum Gasteiger partial charge on any atom is 0.223 e. The summed E-state index contributed by atoms with van der Waals surface area (Å²) in [6, 6.07) is 4.05. The second-order valence-corrected chi connectivity index (χ2v) is 6.78. The Morgan fingerprint density at radius 1 is 1.55 bits per heavy atom. The van der Waals surface area contributed by atoms with Gasteiger partial charge in [-0.1, -0.05) is 0 Å². The standard InChI is InChI=1S/C16H21N3O2S/c1-11-6-14(18-17-11)7-13-8-19(9-15(13)20)16(21)3-2-12-4-5-22-10-12/h4-6,10,13,15,20H,2-3,7-9H2,1H3,(H,17,18)/t13-,15+/m1/s1. The van der Waals surface area contributed by atoms with Crippen molar-refractivity contribution in [2.24, 2.45) is 5.92 Å². The van der Waals surface area contributed by atoms with E-state index in [1.165, 1.54) is 5.56 Å². The number of aliphatic hydroxyl groups is 1. The van der Waals surface area contributed by atoms with Crippen LogP contribution in [0, 0.1) is 12.8 Å². The number of nitrogens with zero attached hydrogens (tertiary/aromatic N) is 2. The van der Waals surface area contributed by atoms with Gasteiger partial charge >= 0.3 is 0 Å². The maximum atomic E-state index is 12.3. The van der Waals surface area contributed by atoms with Gasteiger partial charge in [-0.3, -0.25) is 9.89 Å². The van der Waals surface area contributed by atoms with Crippen molar-refractivity contribution < 1.29 is 9.90 Å². The van der Waals surface area contributed by atoms with Crippen molar-refractivity contribution in [1.82, 2.24) is 15.1 Å². The molecule has 2 aromatic rings. The molecule has 1 fully saturated rings. The minimum atomic E-state index is -0.456. The number of aliphatic hydroxyl groups excluding tert-OH is 1. The van der Waals surface area contributed by atoms with Gasteiger partial charge < -0.3 is 10.0 Å². The molecule has 0 saturated carbocycles. The number of rotatable bonds is 5. The second-order valence-electron chi connectivity index (χ2n) is 6.00. The maximum absolute atomic E-state index is 12.3. The average molecular weight is 319 g/mol. The third-order valence-corrected chi connectivity index (χ3v) is 4.93. The van der Waals surface area contributed by atoms with Gasteiger partial charge in [-0.25, -0.2) is 0 Å². The number of amides is 1. The molecule has 0 aliphatic carbocycles. The molecule has 5 nitrogen and oxygen atoms in total. The first-order chi connectivity index (χ1) is 10.6. The molecule has 0 radical (unpaired) electrons. The van der Waals surface area contributed by atoms with Crippen LogP contribution in [0.3, 0.4) is 0 Å². The Morgan fingerprint density at radius 2 is 2.41 bits per heavy atom. The van der Waals surface area contributed by atoms with Gasteiger partial charge in [0.25, 0.3) is 0 Å². The molecule has 3 heterocycles. The van der Waals surface area contributed by atoms with Crippen LogP contribution in [0.2, 0.25) is 0 Å². The third-order valence-electron chi connectivity index (χ3n) is 4.20. The van der Waals surface area contributed by atoms with Crippen molar-refractivity contribution >= 4 is 17.2 Å². The van der Waals surface area contributed by atoms with Crippen LogP contribution >= 0.6 is 11.3 Å². The molecule has 2 atom stereocenters. The lowest BCUT2D eigenvalue weighted by Crippen LogP contribution is -2.29. The molecular weight excluding hydrogens is 298 g/mol. The number of carbonyl (C=O) groups excluding carboxylic acids is 1. The van der Waals surface area contributed by atoms with Crippen LogP contribution in [0.5, 0.6) is 0 Å². The molecular formula is C16H21N3O2S. The van der Waals surface area contributed by atoms with Crippen LogP contribution in [0.1, 0.15) is 23.4 Å². The SMILES string of the molecule is Cc1cc(C[C@@H]2CN(C(=O)CCc3ccsc3)C[C@@H]2O)n[nH]1. The zero-order chi connectivity index (χ0) is 15.5. The van der Waals surface area contributed by atoms with Crippen molar-refractivity contribution in [3.63, 3.8) is 0 Å². The van der Waals surface area contributed by atoms with Crippen molar-refractivity contribution in [2.75, 3.05) is 13.1 Å². The molecule has 1 amide bonds. The lowest BCUT2D eigenvalue weighted by Gasteiger charge is -2.15. The minimum Gasteiger partial charge on any atom is -0.391 e. The molecule has 1 aliphatic heterocycles. The molecule has 1 saturated heterocycles. The van der Waals surface area contributed by atoms with Crippen molar-refractivity contribution in [1.29, 1.82) is 0 Å². The fourth-order valence-corrected chi connectivity index (χ4v) is 3.65. The number of hydrogen-bond donors (Lipinski definition) is 2. The van der Waals surface area contributed by atoms with Crippen molar-refractivity contribution in [3.05, 3.63) is 39.8 Å². The summed E-state index contributed by atoms with van der Waals surface area (Å²) in [7, 11) is 0. The number of hydrogen-bond acceptors (Lipinski definition) is 4. The highest BCUT2D eigenvalue weighted by Gasteiger charge is 2.34. The van der Waals surface area contributed by atoms with Gasteiger partial charge in [-0.05, 0) is 48.2 Å². The highest BCUT2D eigenvalue weighted by Crippen LogP contribution is 2.22. The third kappa shape index (κ3) is 3.56. The van der Waals surface area contributed by atoms with E-state index in [4.69, 9.17) is 0 Å². The Labute approximate surface area is 134 Å². The molecule has 0 spiro atoms. The Morgan fingerprint density at radius 3 is 3.09 bits per heavy atom. The summed E-state index contributed by atoms with van der Waals surface area (Å²) in [5.41, 5.74) is 3.18. The molecule has 2 aromatic heterocycles. The summed E-state index contributed by atoms with van der Waals surface area (Å²) in [6.45, 7) is 3.02. The molecule has 22 heavy (non-hydrogen) atoms. The Balaban J connectivity index is 1.52. The fourth-order valence-electron chi connectivity index (χ4n) is 2.95. The van der Waals surface area contributed by atoms with Crippen molar-refractivity contribution in [2.45, 2.75) is 32.3 Å². The number of aromatic amines is 1. The number of carbonyl (C=O) groups is 1. The van der Waals surface area contributed by atoms with Crippen LogP contribution in [-0.4, -0.2) is 45.3 Å². The van der Waals surface area contributed by atoms with Gasteiger partial charge in [-0.15, -0.1) is 0 Å². The van der Waals surface area contributed by atoms with Crippen LogP contribution in [-0.2, 0) is 17.6 Å². The Bertz CT molecular complexity index is 623. The lowest BCUT2D eigenvalue weighted by molar-refractivity contribution is -0.130. The first kappa shape index (κ1) is 15.2. The van der Waals surface area contributed by atoms with Crippen molar-refractivity contribution in [3.8, 4) is 0 Å². The molecule has 0 aromatic carbocycles. The minimum absolute atomic E-state index is 0.0767. The highest BCUT2D eigenvalue weighted by molar-refractivity contribution is 7.07. The predicted molar refractivity (Wildman–Crippen MR) is 85.7 cm³/mol. The molecule has 1 aliphatic rings. The van der Waals surface area contributed by atoms with E-state index in [1.54, 1.807) is 16.2 Å². The number of β-amino-alcohol motifs (C(OH)–C–C–N with tert-alkyl or cyclic N) is 1. The topological polar surface area (TPSA) is 69.2 Å². The normalized spacial score (nSPS) is 21.5. The van der Waals surface area contributed by atoms with Crippen LogP contribution in [0.25, 0.3) is 0 Å². The van der Waals surface area contributed by atoms with Crippen LogP contribution < -0.4 is 0 Å². The number of aromatic nitrogens is 2. The quantitative estimate of drug-likeness (QED) is 0.882. The van der Waals surface area contributed by atoms with Crippen LogP contribution in [0.4, 0.5) is 0 Å². The number of nitrogens with one attached hydrogen (secondary N) is 1. The van der Waals surface area contributed by atoms with E-state index in [9.17, 15) is 9.90 Å². The molecule has 0 unspecified atom stereocenters. The molecule has 3 rings (SSSR count). The number of H-pyrrole nitrogens is 1. The molecule has 118 valence electrons. The number of thiophene rings is 1. The van der Waals surface area contributed by atoms with E-state index in [-0.39, 0.29) is 11.8 Å². The summed E-state index contributed by atoms with van der Waals surface area (Å²) in [5.74, 6) is 0.207. The molecule has 6 heteroatoms. The van der Waals surface area contributed by atoms with E-state index in [1.807, 2.05) is 18.4 Å². The van der Waals surface area contributed by atoms with Gasteiger partial charge in [0, 0.05) is 31.1 Å². The van der Waals surface area contributed by atoms with E-state index in [2.05, 4.69) is 21.6 Å². The summed E-state index contributed by atoms with van der Waals surface area (Å²) in [5, 5.41) is 21.4. The van der Waals surface area contributed by atoms with Gasteiger partial charge in [0.1, 0.15) is 0 Å². The Kier molecular flexibility index (Phi) is 4.59. The first-order valence-corrected chi connectivity index (χ1v) is 8.54. The van der Waals surface area contributed by atoms with E-state index in [0.29, 0.717) is 25.9 Å². The number of likely N-dealkylation sites (tertiary alicyclic amines) is 1. The predicted octanol–water partition coefficient (Wildman–Crippen LogP) is 1.77. The smallest absolute Gasteiger partial charge is 0.223 e. The van der Waals surface area contributed by atoms with Gasteiger partial charge in [0.05, 0.1) is 11.8 Å². The average Bonchev–Trinajstić information content (AvgIpc) is 3.20. The number of aryl methyl sites for hydroxylation is 2. The first-order valence-electron chi connectivity index (χ1n) is 7.59. The monoisotopic (exact) mass is 319 g/mol. The van der Waals surface area contributed by atoms with E-state index in [0.717, 1.165) is 17.8 Å². The van der Waals surface area contributed by atoms with Crippen LogP contribution in [0.15, 0.2) is 22.9 Å². The summed E-state index contributed by atoms with van der Waals surface area (Å²) in [6.07, 6.45) is 1.54. The van der Waals surface area contributed by atoms with Gasteiger partial charge in [0.2, 0.25) is 5.91 Å². The Hall–Kier alpha value is -1.66. The lowest BCUT2D eigenvalue weighted by atomic mass is 10.0. The van der Waals surface area contributed by atoms with E-state index < -0.39 is 6.10 Å². The second kappa shape index (κ2) is 6.62. The van der Waals surface area contributed by atoms with Gasteiger partial charge in [-0.2, -0.15) is 16.4 Å². The zero-order valence-corrected chi connectivity index (χ0v) is 13.5. The zero-order valence-electron chi connectivity index (χ0n) is 12.7. The summed E-state index contributed by atoms with van der Waals surface area (Å²) >= 11 is 1.65. The molecule has 0 bridgehead atoms. The van der Waals surface area contributed by atoms with Gasteiger partial charge in [0.15, 0.2) is 0 Å². The summed E-state index contributed by atoms with van der Waals surface area (Å²) < 4.78 is 0. The molecule has 2 N–H and O–H groups in total. The highest BCUT2D eigenvalue weighted by atomic mass is 32.1. The summed E-state index contributed by atoms with van der Waals surface area (Å²) in [4.78, 5) is 14.1. The van der Waals surface area contributed by atoms with E-state index >= 15 is 0 Å². The fraction of sp³-hybridized carbons (Fsp3) is 0.500. The largest absolute Gasteiger partial charge is 0.391 e.